The number of anilines is 1. The maximum absolute atomic E-state index is 13.9. The minimum Gasteiger partial charge on any atom is -0.432 e. The summed E-state index contributed by atoms with van der Waals surface area (Å²) in [7, 11) is 0. The molecule has 6 atom stereocenters. The van der Waals surface area contributed by atoms with Gasteiger partial charge in [0.1, 0.15) is 30.1 Å². The molecular weight excluding hydrogens is 486 g/mol. The van der Waals surface area contributed by atoms with Crippen molar-refractivity contribution in [1.29, 1.82) is 5.26 Å². The lowest BCUT2D eigenvalue weighted by atomic mass is 9.57. The summed E-state index contributed by atoms with van der Waals surface area (Å²) in [5.41, 5.74) is 3.86. The number of carbonyl (C=O) groups excluding carboxylic acids is 1. The van der Waals surface area contributed by atoms with Crippen LogP contribution in [-0.4, -0.2) is 49.3 Å². The Morgan fingerprint density at radius 3 is 2.64 bits per heavy atom. The number of nitrogens with two attached hydrogens (primary N) is 1. The molecule has 0 bridgehead atoms. The summed E-state index contributed by atoms with van der Waals surface area (Å²) < 4.78 is 13.1. The molecule has 5 rings (SSSR count). The van der Waals surface area contributed by atoms with E-state index in [2.05, 4.69) is 17.0 Å². The second kappa shape index (κ2) is 10.1. The van der Waals surface area contributed by atoms with Crippen LogP contribution in [0.1, 0.15) is 70.4 Å². The smallest absolute Gasteiger partial charge is 0.315 e. The van der Waals surface area contributed by atoms with Gasteiger partial charge in [-0.05, 0) is 49.7 Å². The van der Waals surface area contributed by atoms with E-state index in [1.807, 2.05) is 6.07 Å². The number of aliphatic hydroxyl groups excluding tert-OH is 2. The summed E-state index contributed by atoms with van der Waals surface area (Å²) in [5.74, 6) is 0.159. The van der Waals surface area contributed by atoms with Crippen molar-refractivity contribution in [2.24, 2.45) is 17.3 Å². The number of fused-ring (bicyclic) bond motifs is 1. The van der Waals surface area contributed by atoms with Crippen LogP contribution in [0.5, 0.6) is 0 Å². The van der Waals surface area contributed by atoms with E-state index in [1.54, 1.807) is 6.07 Å². The van der Waals surface area contributed by atoms with Crippen LogP contribution in [0.4, 0.5) is 5.82 Å². The standard InChI is InChI=1S/C25H33N5O5.ClH/c1-15-7-5-6-12-24(15,16-8-3-2-4-9-16)23(33)34-22-19(31)20(32)25(13-26,35-22)18-11-10-17-21(27)28-14-29-30(17)18;/h10-11,14-16,19-20,22,31-32H,2-9,12H2,1H3,(H2,27,28,29);1H/t15?,19-,20+,22-,24?,25-;/m0./s1. The molecule has 2 aliphatic carbocycles. The molecule has 1 aliphatic heterocycles. The lowest BCUT2D eigenvalue weighted by Crippen LogP contribution is -2.49. The largest absolute Gasteiger partial charge is 0.432 e. The Morgan fingerprint density at radius 2 is 1.94 bits per heavy atom. The van der Waals surface area contributed by atoms with Crippen molar-refractivity contribution in [3.05, 3.63) is 24.2 Å². The predicted molar refractivity (Wildman–Crippen MR) is 132 cm³/mol. The number of hydrogen-bond acceptors (Lipinski definition) is 9. The van der Waals surface area contributed by atoms with Crippen molar-refractivity contribution in [2.75, 3.05) is 5.73 Å². The van der Waals surface area contributed by atoms with Gasteiger partial charge in [0.25, 0.3) is 0 Å². The molecule has 2 unspecified atom stereocenters. The fraction of sp³-hybridized carbons (Fsp3) is 0.680. The monoisotopic (exact) mass is 519 g/mol. The van der Waals surface area contributed by atoms with E-state index in [1.165, 1.54) is 23.3 Å². The van der Waals surface area contributed by atoms with Crippen LogP contribution < -0.4 is 5.73 Å². The molecule has 2 aromatic heterocycles. The maximum atomic E-state index is 13.9. The van der Waals surface area contributed by atoms with Crippen LogP contribution in [0.15, 0.2) is 18.5 Å². The first-order chi connectivity index (χ1) is 16.8. The molecule has 0 amide bonds. The molecule has 4 N–H and O–H groups in total. The van der Waals surface area contributed by atoms with Gasteiger partial charge in [-0.1, -0.05) is 39.0 Å². The van der Waals surface area contributed by atoms with Crippen molar-refractivity contribution in [3.8, 4) is 6.07 Å². The van der Waals surface area contributed by atoms with Gasteiger partial charge in [0.05, 0.1) is 11.1 Å². The minimum absolute atomic E-state index is 0. The van der Waals surface area contributed by atoms with Gasteiger partial charge in [0, 0.05) is 0 Å². The van der Waals surface area contributed by atoms with Crippen LogP contribution in [-0.2, 0) is 19.9 Å². The molecule has 10 nitrogen and oxygen atoms in total. The van der Waals surface area contributed by atoms with E-state index < -0.39 is 35.5 Å². The number of nitriles is 1. The highest BCUT2D eigenvalue weighted by Gasteiger charge is 2.61. The van der Waals surface area contributed by atoms with E-state index >= 15 is 0 Å². The first-order valence-electron chi connectivity index (χ1n) is 12.6. The van der Waals surface area contributed by atoms with Crippen LogP contribution in [0.2, 0.25) is 0 Å². The number of halogens is 1. The second-order valence-corrected chi connectivity index (χ2v) is 10.4. The van der Waals surface area contributed by atoms with E-state index in [0.29, 0.717) is 5.52 Å². The molecule has 2 saturated carbocycles. The number of esters is 1. The van der Waals surface area contributed by atoms with E-state index in [0.717, 1.165) is 51.4 Å². The zero-order valence-corrected chi connectivity index (χ0v) is 21.2. The topological polar surface area (TPSA) is 156 Å². The predicted octanol–water partition coefficient (Wildman–Crippen LogP) is 2.85. The number of nitrogen functional groups attached to an aromatic ring is 1. The average molecular weight is 520 g/mol. The van der Waals surface area contributed by atoms with Gasteiger partial charge >= 0.3 is 5.97 Å². The SMILES string of the molecule is CC1CCCCC1(C(=O)O[C@H]1O[C@@](C#N)(c2ccc3c(N)ncnn23)[C@H](O)[C@@H]1O)C1CCCCC1.Cl. The molecule has 0 spiro atoms. The molecule has 2 aromatic rings. The van der Waals surface area contributed by atoms with Gasteiger partial charge in [-0.25, -0.2) is 9.50 Å². The Kier molecular flexibility index (Phi) is 7.49. The summed E-state index contributed by atoms with van der Waals surface area (Å²) in [4.78, 5) is 17.8. The number of ether oxygens (including phenoxy) is 2. The lowest BCUT2D eigenvalue weighted by Gasteiger charge is -2.47. The van der Waals surface area contributed by atoms with Crippen molar-refractivity contribution in [3.63, 3.8) is 0 Å². The van der Waals surface area contributed by atoms with Crippen molar-refractivity contribution in [2.45, 2.75) is 88.8 Å². The van der Waals surface area contributed by atoms with Crippen LogP contribution >= 0.6 is 12.4 Å². The van der Waals surface area contributed by atoms with Gasteiger partial charge in [-0.2, -0.15) is 10.4 Å². The Bertz CT molecular complexity index is 1150. The molecule has 36 heavy (non-hydrogen) atoms. The minimum atomic E-state index is -2.01. The average Bonchev–Trinajstić information content (AvgIpc) is 3.41. The van der Waals surface area contributed by atoms with Gasteiger partial charge in [0.15, 0.2) is 5.82 Å². The van der Waals surface area contributed by atoms with Gasteiger partial charge < -0.3 is 25.4 Å². The molecule has 3 heterocycles. The summed E-state index contributed by atoms with van der Waals surface area (Å²) in [6, 6.07) is 5.13. The number of carbonyl (C=O) groups is 1. The Labute approximate surface area is 216 Å². The maximum Gasteiger partial charge on any atom is 0.315 e. The fourth-order valence-electron chi connectivity index (χ4n) is 6.68. The molecule has 0 radical (unpaired) electrons. The molecule has 3 aliphatic rings. The zero-order valence-electron chi connectivity index (χ0n) is 20.4. The van der Waals surface area contributed by atoms with Gasteiger partial charge in [-0.3, -0.25) is 4.79 Å². The zero-order chi connectivity index (χ0) is 24.8. The van der Waals surface area contributed by atoms with Gasteiger partial charge in [-0.15, -0.1) is 12.4 Å². The Balaban J connectivity index is 0.00000304. The summed E-state index contributed by atoms with van der Waals surface area (Å²) in [6.45, 7) is 2.12. The highest BCUT2D eigenvalue weighted by Crippen LogP contribution is 2.53. The summed E-state index contributed by atoms with van der Waals surface area (Å²) in [5, 5.41) is 36.1. The van der Waals surface area contributed by atoms with Crippen LogP contribution in [0.3, 0.4) is 0 Å². The van der Waals surface area contributed by atoms with Gasteiger partial charge in [0.2, 0.25) is 11.9 Å². The Hall–Kier alpha value is -2.45. The van der Waals surface area contributed by atoms with Crippen molar-refractivity contribution in [1.82, 2.24) is 14.6 Å². The summed E-state index contributed by atoms with van der Waals surface area (Å²) in [6.07, 6.45) is 5.51. The Morgan fingerprint density at radius 1 is 1.22 bits per heavy atom. The first kappa shape index (κ1) is 26.6. The molecule has 0 aromatic carbocycles. The van der Waals surface area contributed by atoms with Crippen molar-refractivity contribution < 1.29 is 24.5 Å². The highest BCUT2D eigenvalue weighted by atomic mass is 35.5. The number of hydrogen-bond donors (Lipinski definition) is 3. The van der Waals surface area contributed by atoms with Crippen molar-refractivity contribution >= 4 is 29.7 Å². The molecule has 3 fully saturated rings. The van der Waals surface area contributed by atoms with E-state index in [9.17, 15) is 20.3 Å². The fourth-order valence-corrected chi connectivity index (χ4v) is 6.68. The third-order valence-corrected chi connectivity index (χ3v) is 8.64. The quantitative estimate of drug-likeness (QED) is 0.516. The lowest BCUT2D eigenvalue weighted by molar-refractivity contribution is -0.214. The van der Waals surface area contributed by atoms with E-state index in [-0.39, 0.29) is 35.8 Å². The molecule has 11 heteroatoms. The van der Waals surface area contributed by atoms with Crippen LogP contribution in [0, 0.1) is 28.6 Å². The highest BCUT2D eigenvalue weighted by molar-refractivity contribution is 5.85. The normalized spacial score (nSPS) is 35.2. The number of rotatable bonds is 4. The second-order valence-electron chi connectivity index (χ2n) is 10.4. The third kappa shape index (κ3) is 3.93. The first-order valence-corrected chi connectivity index (χ1v) is 12.6. The summed E-state index contributed by atoms with van der Waals surface area (Å²) >= 11 is 0. The molecular formula is C25H34ClN5O5. The van der Waals surface area contributed by atoms with E-state index in [4.69, 9.17) is 15.2 Å². The number of aromatic nitrogens is 3. The third-order valence-electron chi connectivity index (χ3n) is 8.64. The van der Waals surface area contributed by atoms with Crippen LogP contribution in [0.25, 0.3) is 5.52 Å². The number of aliphatic hydroxyl groups is 2. The molecule has 196 valence electrons. The number of nitrogens with zero attached hydrogens (tertiary/aromatic N) is 4. The molecule has 1 saturated heterocycles.